The van der Waals surface area contributed by atoms with Crippen molar-refractivity contribution in [2.75, 3.05) is 20.3 Å². The summed E-state index contributed by atoms with van der Waals surface area (Å²) in [5.41, 5.74) is -2.83. The summed E-state index contributed by atoms with van der Waals surface area (Å²) in [6, 6.07) is 0. The number of aliphatic hydroxyl groups excluding tert-OH is 2. The molecule has 2 spiro atoms. The molecule has 3 N–H and O–H groups in total. The molecule has 2 saturated heterocycles. The van der Waals surface area contributed by atoms with E-state index in [1.807, 2.05) is 13.8 Å². The van der Waals surface area contributed by atoms with E-state index in [-0.39, 0.29) is 24.9 Å². The normalized spacial score (nSPS) is 54.3. The molecule has 0 amide bonds. The average molecular weight is 439 g/mol. The molecular weight excluding hydrogens is 404 g/mol. The van der Waals surface area contributed by atoms with Gasteiger partial charge in [-0.25, -0.2) is 0 Å². The fourth-order valence-electron chi connectivity index (χ4n) is 8.76. The van der Waals surface area contributed by atoms with Crippen LogP contribution in [-0.4, -0.2) is 71.5 Å². The Labute approximate surface area is 182 Å². The predicted octanol–water partition coefficient (Wildman–Crippen LogP) is 0.653. The number of methoxy groups -OCH3 is 1. The molecule has 6 rings (SSSR count). The van der Waals surface area contributed by atoms with Crippen molar-refractivity contribution >= 4 is 11.8 Å². The molecule has 2 heterocycles. The Hall–Kier alpha value is -1.06. The molecule has 4 aliphatic carbocycles. The Bertz CT molecular complexity index is 811. The van der Waals surface area contributed by atoms with E-state index in [0.29, 0.717) is 25.7 Å². The van der Waals surface area contributed by atoms with Crippen LogP contribution < -0.4 is 0 Å². The van der Waals surface area contributed by atoms with Crippen molar-refractivity contribution in [3.05, 3.63) is 0 Å². The second kappa shape index (κ2) is 6.50. The summed E-state index contributed by atoms with van der Waals surface area (Å²) >= 11 is 0. The summed E-state index contributed by atoms with van der Waals surface area (Å²) in [6.07, 6.45) is -0.835. The van der Waals surface area contributed by atoms with Crippen LogP contribution >= 0.6 is 0 Å². The highest BCUT2D eigenvalue weighted by molar-refractivity contribution is 5.92. The summed E-state index contributed by atoms with van der Waals surface area (Å²) in [5, 5.41) is 35.0. The van der Waals surface area contributed by atoms with Gasteiger partial charge < -0.3 is 29.5 Å². The minimum absolute atomic E-state index is 0.0207. The minimum Gasteiger partial charge on any atom is -0.462 e. The van der Waals surface area contributed by atoms with Crippen molar-refractivity contribution < 1.29 is 39.1 Å². The number of carbonyl (C=O) groups excluding carboxylic acids is 2. The summed E-state index contributed by atoms with van der Waals surface area (Å²) in [5.74, 6) is -4.50. The quantitative estimate of drug-likeness (QED) is 0.549. The number of aliphatic hydroxyl groups is 3. The van der Waals surface area contributed by atoms with Gasteiger partial charge >= 0.3 is 5.97 Å². The van der Waals surface area contributed by atoms with Gasteiger partial charge in [-0.2, -0.15) is 0 Å². The summed E-state index contributed by atoms with van der Waals surface area (Å²) in [6.45, 7) is 5.62. The first-order valence-electron chi connectivity index (χ1n) is 11.4. The first-order chi connectivity index (χ1) is 14.5. The molecule has 31 heavy (non-hydrogen) atoms. The van der Waals surface area contributed by atoms with Gasteiger partial charge in [-0.1, -0.05) is 13.8 Å². The summed E-state index contributed by atoms with van der Waals surface area (Å²) < 4.78 is 17.1. The molecule has 6 aliphatic rings. The van der Waals surface area contributed by atoms with E-state index < -0.39 is 64.1 Å². The van der Waals surface area contributed by atoms with Crippen LogP contribution in [0, 0.1) is 39.9 Å². The van der Waals surface area contributed by atoms with Crippen molar-refractivity contribution in [1.82, 2.24) is 0 Å². The molecule has 0 aromatic heterocycles. The number of hydrogen-bond donors (Lipinski definition) is 3. The maximum absolute atomic E-state index is 14.0. The number of rotatable bonds is 3. The van der Waals surface area contributed by atoms with Gasteiger partial charge in [0.2, 0.25) is 5.79 Å². The van der Waals surface area contributed by atoms with Gasteiger partial charge in [-0.15, -0.1) is 0 Å². The van der Waals surface area contributed by atoms with Crippen LogP contribution in [-0.2, 0) is 23.8 Å². The van der Waals surface area contributed by atoms with E-state index >= 15 is 0 Å². The number of Topliss-reactive ketones (excluding diaryl/α,β-unsaturated/α-hetero) is 1. The summed E-state index contributed by atoms with van der Waals surface area (Å²) in [7, 11) is 1.53. The number of carbonyl (C=O) groups is 2. The topological polar surface area (TPSA) is 123 Å². The molecule has 0 aromatic carbocycles. The molecule has 0 unspecified atom stereocenters. The lowest BCUT2D eigenvalue weighted by Crippen LogP contribution is -2.85. The third-order valence-electron chi connectivity index (χ3n) is 9.61. The van der Waals surface area contributed by atoms with E-state index in [0.717, 1.165) is 0 Å². The van der Waals surface area contributed by atoms with Crippen molar-refractivity contribution in [3.8, 4) is 0 Å². The zero-order valence-electron chi connectivity index (χ0n) is 18.7. The third kappa shape index (κ3) is 2.33. The lowest BCUT2D eigenvalue weighted by Gasteiger charge is -2.74. The molecule has 0 radical (unpaired) electrons. The van der Waals surface area contributed by atoms with Gasteiger partial charge in [0.05, 0.1) is 24.7 Å². The zero-order chi connectivity index (χ0) is 22.6. The molecule has 2 aliphatic heterocycles. The molecule has 174 valence electrons. The maximum atomic E-state index is 14.0. The average Bonchev–Trinajstić information content (AvgIpc) is 2.89. The molecule has 6 fully saturated rings. The van der Waals surface area contributed by atoms with Gasteiger partial charge in [0.15, 0.2) is 5.78 Å². The number of esters is 1. The standard InChI is InChI=1S/C23H34O8/c1-11(24)31-14-7-12-8-22(18(26)13(12)9-29-4)16(14)21-10-30-23(22,28)19(27)17(21)20(2,3)6-5-15(21)25/h12-17,19,25,27-28H,5-10H2,1-4H3/t12-,13-,14+,15+,16+,17-,19+,21+,22+,23+/m1/s1. The molecule has 0 aromatic rings. The molecule has 4 saturated carbocycles. The molecule has 8 nitrogen and oxygen atoms in total. The van der Waals surface area contributed by atoms with Gasteiger partial charge in [0.1, 0.15) is 12.2 Å². The fourth-order valence-corrected chi connectivity index (χ4v) is 8.76. The van der Waals surface area contributed by atoms with Crippen LogP contribution in [0.5, 0.6) is 0 Å². The van der Waals surface area contributed by atoms with Crippen molar-refractivity contribution in [2.45, 2.75) is 70.6 Å². The minimum atomic E-state index is -2.09. The molecular formula is C23H34O8. The van der Waals surface area contributed by atoms with Crippen molar-refractivity contribution in [3.63, 3.8) is 0 Å². The Morgan fingerprint density at radius 2 is 1.97 bits per heavy atom. The van der Waals surface area contributed by atoms with E-state index in [2.05, 4.69) is 0 Å². The second-order valence-corrected chi connectivity index (χ2v) is 11.3. The fraction of sp³-hybridized carbons (Fsp3) is 0.913. The van der Waals surface area contributed by atoms with Crippen LogP contribution in [0.15, 0.2) is 0 Å². The lowest BCUT2D eigenvalue weighted by atomic mass is 9.35. The number of fused-ring (bicyclic) bond motifs is 2. The predicted molar refractivity (Wildman–Crippen MR) is 106 cm³/mol. The zero-order valence-corrected chi connectivity index (χ0v) is 18.7. The van der Waals surface area contributed by atoms with Crippen LogP contribution in [0.25, 0.3) is 0 Å². The first-order valence-corrected chi connectivity index (χ1v) is 11.4. The highest BCUT2D eigenvalue weighted by Gasteiger charge is 2.86. The van der Waals surface area contributed by atoms with Crippen LogP contribution in [0.2, 0.25) is 0 Å². The van der Waals surface area contributed by atoms with Crippen LogP contribution in [0.4, 0.5) is 0 Å². The third-order valence-corrected chi connectivity index (χ3v) is 9.61. The Balaban J connectivity index is 1.76. The molecule has 8 heteroatoms. The molecule has 4 bridgehead atoms. The monoisotopic (exact) mass is 438 g/mol. The highest BCUT2D eigenvalue weighted by atomic mass is 16.6. The summed E-state index contributed by atoms with van der Waals surface area (Å²) in [4.78, 5) is 26.1. The van der Waals surface area contributed by atoms with Crippen LogP contribution in [0.3, 0.4) is 0 Å². The first kappa shape index (κ1) is 21.8. The number of ketones is 1. The SMILES string of the molecule is COC[C@H]1C(=O)[C@]23C[C@H]1C[C@H](OC(C)=O)[C@H]2[C@@]12CO[C@@]3(O)[C@@H](O)[C@@H]1C(C)(C)CC[C@@H]2O. The van der Waals surface area contributed by atoms with Gasteiger partial charge in [0, 0.05) is 37.2 Å². The molecule has 10 atom stereocenters. The van der Waals surface area contributed by atoms with E-state index in [1.165, 1.54) is 14.0 Å². The van der Waals surface area contributed by atoms with Crippen molar-refractivity contribution in [1.29, 1.82) is 0 Å². The Morgan fingerprint density at radius 1 is 1.26 bits per heavy atom. The van der Waals surface area contributed by atoms with E-state index in [4.69, 9.17) is 14.2 Å². The highest BCUT2D eigenvalue weighted by Crippen LogP contribution is 2.76. The smallest absolute Gasteiger partial charge is 0.302 e. The number of ether oxygens (including phenoxy) is 3. The van der Waals surface area contributed by atoms with Crippen molar-refractivity contribution in [2.24, 2.45) is 39.9 Å². The largest absolute Gasteiger partial charge is 0.462 e. The Kier molecular flexibility index (Phi) is 4.57. The second-order valence-electron chi connectivity index (χ2n) is 11.3. The van der Waals surface area contributed by atoms with Crippen LogP contribution in [0.1, 0.15) is 46.5 Å². The van der Waals surface area contributed by atoms with E-state index in [9.17, 15) is 24.9 Å². The lowest BCUT2D eigenvalue weighted by molar-refractivity contribution is -0.455. The van der Waals surface area contributed by atoms with Gasteiger partial charge in [-0.3, -0.25) is 9.59 Å². The van der Waals surface area contributed by atoms with Gasteiger partial charge in [0.25, 0.3) is 0 Å². The number of hydrogen-bond acceptors (Lipinski definition) is 8. The Morgan fingerprint density at radius 3 is 2.61 bits per heavy atom. The van der Waals surface area contributed by atoms with E-state index in [1.54, 1.807) is 0 Å². The van der Waals surface area contributed by atoms with Gasteiger partial charge in [-0.05, 0) is 37.0 Å². The maximum Gasteiger partial charge on any atom is 0.302 e.